The summed E-state index contributed by atoms with van der Waals surface area (Å²) in [5.41, 5.74) is 2.11. The van der Waals surface area contributed by atoms with Gasteiger partial charge in [-0.05, 0) is 85.6 Å². The fourth-order valence-electron chi connectivity index (χ4n) is 5.91. The maximum absolute atomic E-state index is 13.6. The second kappa shape index (κ2) is 10.7. The van der Waals surface area contributed by atoms with Crippen molar-refractivity contribution in [2.75, 3.05) is 5.75 Å². The van der Waals surface area contributed by atoms with E-state index >= 15 is 0 Å². The predicted molar refractivity (Wildman–Crippen MR) is 147 cm³/mol. The van der Waals surface area contributed by atoms with Gasteiger partial charge in [-0.1, -0.05) is 67.4 Å². The van der Waals surface area contributed by atoms with Crippen LogP contribution in [0, 0.1) is 11.3 Å². The standard InChI is InChI=1S/C29H35Cl2NOS/c1-4-16-28(5-2)18-25(20-8-7-9-24(31)17-20)26(32-27(28)33)19-29(34-6-3,21-10-11-21)22-12-14-23(30)15-13-22/h4,7-9,12-15,17,21,25-26H,1,5-6,10-11,16,18-19H2,2-3H3,(H,32,33)/t25-,26+,28+,29+/m1/s1. The van der Waals surface area contributed by atoms with Crippen LogP contribution in [-0.2, 0) is 9.54 Å². The first-order valence-corrected chi connectivity index (χ1v) is 14.2. The molecule has 182 valence electrons. The minimum atomic E-state index is -0.425. The van der Waals surface area contributed by atoms with Crippen LogP contribution in [0.3, 0.4) is 0 Å². The molecule has 1 aliphatic heterocycles. The molecule has 2 fully saturated rings. The first kappa shape index (κ1) is 25.7. The van der Waals surface area contributed by atoms with Gasteiger partial charge in [-0.3, -0.25) is 4.79 Å². The average Bonchev–Trinajstić information content (AvgIpc) is 3.67. The highest BCUT2D eigenvalue weighted by Crippen LogP contribution is 2.58. The van der Waals surface area contributed by atoms with Crippen LogP contribution < -0.4 is 5.32 Å². The zero-order valence-electron chi connectivity index (χ0n) is 20.2. The molecule has 4 rings (SSSR count). The van der Waals surface area contributed by atoms with Crippen LogP contribution in [0.5, 0.6) is 0 Å². The molecule has 1 amide bonds. The molecule has 5 heteroatoms. The molecule has 1 aliphatic carbocycles. The van der Waals surface area contributed by atoms with Crippen molar-refractivity contribution in [2.24, 2.45) is 11.3 Å². The number of amides is 1. The van der Waals surface area contributed by atoms with Gasteiger partial charge in [0.2, 0.25) is 5.91 Å². The zero-order valence-corrected chi connectivity index (χ0v) is 22.5. The van der Waals surface area contributed by atoms with Gasteiger partial charge in [0.05, 0.1) is 5.41 Å². The highest BCUT2D eigenvalue weighted by molar-refractivity contribution is 8.00. The Morgan fingerprint density at radius 1 is 1.15 bits per heavy atom. The lowest BCUT2D eigenvalue weighted by atomic mass is 9.65. The fraction of sp³-hybridized carbons (Fsp3) is 0.483. The zero-order chi connectivity index (χ0) is 24.3. The van der Waals surface area contributed by atoms with Crippen LogP contribution >= 0.6 is 35.0 Å². The summed E-state index contributed by atoms with van der Waals surface area (Å²) in [5.74, 6) is 2.00. The SMILES string of the molecule is C=CC[C@@]1(CC)C[C@H](c2cccc(Cl)c2)[C@H](C[C@@](SCC)(c2ccc(Cl)cc2)C2CC2)NC1=O. The Morgan fingerprint density at radius 2 is 1.88 bits per heavy atom. The van der Waals surface area contributed by atoms with Gasteiger partial charge in [0.1, 0.15) is 0 Å². The van der Waals surface area contributed by atoms with Crippen molar-refractivity contribution in [3.05, 3.63) is 82.4 Å². The Morgan fingerprint density at radius 3 is 2.47 bits per heavy atom. The van der Waals surface area contributed by atoms with E-state index in [2.05, 4.69) is 50.0 Å². The molecule has 2 nitrogen and oxygen atoms in total. The minimum absolute atomic E-state index is 0.0331. The molecule has 1 heterocycles. The van der Waals surface area contributed by atoms with Crippen LogP contribution in [0.2, 0.25) is 10.0 Å². The van der Waals surface area contributed by atoms with E-state index in [0.29, 0.717) is 12.3 Å². The Balaban J connectivity index is 1.76. The van der Waals surface area contributed by atoms with Gasteiger partial charge in [-0.25, -0.2) is 0 Å². The average molecular weight is 517 g/mol. The van der Waals surface area contributed by atoms with Gasteiger partial charge in [0.15, 0.2) is 0 Å². The summed E-state index contributed by atoms with van der Waals surface area (Å²) in [4.78, 5) is 13.6. The quantitative estimate of drug-likeness (QED) is 0.321. The molecule has 2 aliphatic rings. The molecule has 1 saturated carbocycles. The molecule has 0 radical (unpaired) electrons. The molecule has 0 spiro atoms. The Hall–Kier alpha value is -1.42. The third-order valence-corrected chi connectivity index (χ3v) is 9.90. The summed E-state index contributed by atoms with van der Waals surface area (Å²) in [6.45, 7) is 8.31. The summed E-state index contributed by atoms with van der Waals surface area (Å²) in [7, 11) is 0. The summed E-state index contributed by atoms with van der Waals surface area (Å²) >= 11 is 14.7. The predicted octanol–water partition coefficient (Wildman–Crippen LogP) is 8.39. The number of piperidine rings is 1. The lowest BCUT2D eigenvalue weighted by molar-refractivity contribution is -0.136. The molecular formula is C29H35Cl2NOS. The molecular weight excluding hydrogens is 481 g/mol. The number of halogens is 2. The van der Waals surface area contributed by atoms with E-state index < -0.39 is 5.41 Å². The Bertz CT molecular complexity index is 1020. The summed E-state index contributed by atoms with van der Waals surface area (Å²) in [5, 5.41) is 5.02. The van der Waals surface area contributed by atoms with Gasteiger partial charge in [-0.2, -0.15) is 11.8 Å². The fourth-order valence-corrected chi connectivity index (χ4v) is 7.82. The molecule has 2 aromatic carbocycles. The van der Waals surface area contributed by atoms with Gasteiger partial charge in [-0.15, -0.1) is 6.58 Å². The van der Waals surface area contributed by atoms with Crippen molar-refractivity contribution in [1.82, 2.24) is 5.32 Å². The summed E-state index contributed by atoms with van der Waals surface area (Å²) < 4.78 is -0.0429. The van der Waals surface area contributed by atoms with E-state index in [1.54, 1.807) is 0 Å². The first-order chi connectivity index (χ1) is 16.4. The monoisotopic (exact) mass is 515 g/mol. The number of carbonyl (C=O) groups excluding carboxylic acids is 1. The topological polar surface area (TPSA) is 29.1 Å². The maximum atomic E-state index is 13.6. The summed E-state index contributed by atoms with van der Waals surface area (Å²) in [6, 6.07) is 16.6. The van der Waals surface area contributed by atoms with Crippen LogP contribution in [-0.4, -0.2) is 17.7 Å². The van der Waals surface area contributed by atoms with Crippen LogP contribution in [0.4, 0.5) is 0 Å². The Labute approximate surface area is 218 Å². The van der Waals surface area contributed by atoms with Crippen molar-refractivity contribution in [1.29, 1.82) is 0 Å². The maximum Gasteiger partial charge on any atom is 0.226 e. The number of allylic oxidation sites excluding steroid dienone is 1. The smallest absolute Gasteiger partial charge is 0.226 e. The van der Waals surface area contributed by atoms with Crippen LogP contribution in [0.25, 0.3) is 0 Å². The third-order valence-electron chi connectivity index (χ3n) is 7.88. The van der Waals surface area contributed by atoms with E-state index in [1.165, 1.54) is 24.0 Å². The molecule has 1 saturated heterocycles. The molecule has 0 aromatic heterocycles. The van der Waals surface area contributed by atoms with Crippen molar-refractivity contribution >= 4 is 40.9 Å². The largest absolute Gasteiger partial charge is 0.352 e. The first-order valence-electron chi connectivity index (χ1n) is 12.4. The lowest BCUT2D eigenvalue weighted by Crippen LogP contribution is -2.55. The number of hydrogen-bond acceptors (Lipinski definition) is 2. The number of carbonyl (C=O) groups is 1. The number of benzene rings is 2. The van der Waals surface area contributed by atoms with E-state index in [0.717, 1.165) is 35.1 Å². The van der Waals surface area contributed by atoms with Crippen LogP contribution in [0.1, 0.15) is 69.4 Å². The highest BCUT2D eigenvalue weighted by Gasteiger charge is 2.52. The van der Waals surface area contributed by atoms with Gasteiger partial charge >= 0.3 is 0 Å². The van der Waals surface area contributed by atoms with Crippen LogP contribution in [0.15, 0.2) is 61.2 Å². The molecule has 1 N–H and O–H groups in total. The molecule has 34 heavy (non-hydrogen) atoms. The lowest BCUT2D eigenvalue weighted by Gasteiger charge is -2.47. The van der Waals surface area contributed by atoms with Gasteiger partial charge in [0.25, 0.3) is 0 Å². The number of hydrogen-bond donors (Lipinski definition) is 1. The molecule has 0 bridgehead atoms. The van der Waals surface area contributed by atoms with Crippen molar-refractivity contribution in [3.8, 4) is 0 Å². The van der Waals surface area contributed by atoms with Crippen molar-refractivity contribution in [2.45, 2.75) is 69.1 Å². The van der Waals surface area contributed by atoms with E-state index in [1.807, 2.05) is 42.1 Å². The second-order valence-corrected chi connectivity index (χ2v) is 12.3. The van der Waals surface area contributed by atoms with Gasteiger partial charge < -0.3 is 5.32 Å². The number of nitrogens with one attached hydrogen (secondary N) is 1. The minimum Gasteiger partial charge on any atom is -0.352 e. The number of thioether (sulfide) groups is 1. The van der Waals surface area contributed by atoms with Crippen molar-refractivity contribution < 1.29 is 4.79 Å². The van der Waals surface area contributed by atoms with E-state index in [9.17, 15) is 4.79 Å². The van der Waals surface area contributed by atoms with Gasteiger partial charge in [0, 0.05) is 26.8 Å². The molecule has 4 atom stereocenters. The third kappa shape index (κ3) is 5.08. The Kier molecular flexibility index (Phi) is 8.06. The molecule has 2 aromatic rings. The highest BCUT2D eigenvalue weighted by atomic mass is 35.5. The molecule has 0 unspecified atom stereocenters. The summed E-state index contributed by atoms with van der Waals surface area (Å²) in [6.07, 6.45) is 7.55. The number of rotatable bonds is 10. The second-order valence-electron chi connectivity index (χ2n) is 9.88. The van der Waals surface area contributed by atoms with E-state index in [4.69, 9.17) is 23.2 Å². The normalized spacial score (nSPS) is 26.5. The van der Waals surface area contributed by atoms with E-state index in [-0.39, 0.29) is 22.6 Å². The van der Waals surface area contributed by atoms with Crippen molar-refractivity contribution in [3.63, 3.8) is 0 Å².